The number of nitrogens with zero attached hydrogens (tertiary/aromatic N) is 2. The van der Waals surface area contributed by atoms with E-state index in [9.17, 15) is 4.79 Å². The minimum atomic E-state index is 0.337. The largest absolute Gasteiger partial charge is 0.342 e. The Morgan fingerprint density at radius 3 is 2.88 bits per heavy atom. The van der Waals surface area contributed by atoms with Crippen molar-refractivity contribution in [2.24, 2.45) is 11.8 Å². The topological polar surface area (TPSA) is 45.2 Å². The zero-order valence-electron chi connectivity index (χ0n) is 14.9. The lowest BCUT2D eigenvalue weighted by Crippen LogP contribution is -2.51. The summed E-state index contributed by atoms with van der Waals surface area (Å²) in [6.45, 7) is 4.89. The van der Waals surface area contributed by atoms with Gasteiger partial charge >= 0.3 is 0 Å². The van der Waals surface area contributed by atoms with Crippen molar-refractivity contribution >= 4 is 16.8 Å². The molecule has 2 atom stereocenters. The molecular weight excluding hydrogens is 310 g/mol. The van der Waals surface area contributed by atoms with Gasteiger partial charge in [-0.3, -0.25) is 9.78 Å². The molecule has 0 bridgehead atoms. The number of pyridine rings is 1. The Hall–Kier alpha value is -1.94. The molecule has 1 amide bonds. The third-order valence-electron chi connectivity index (χ3n) is 5.77. The second kappa shape index (κ2) is 7.12. The molecule has 1 saturated heterocycles. The molecule has 2 heterocycles. The van der Waals surface area contributed by atoms with E-state index in [4.69, 9.17) is 0 Å². The van der Waals surface area contributed by atoms with E-state index < -0.39 is 0 Å². The van der Waals surface area contributed by atoms with Gasteiger partial charge in [0.15, 0.2) is 0 Å². The van der Waals surface area contributed by atoms with Crippen LogP contribution in [0.4, 0.5) is 0 Å². The summed E-state index contributed by atoms with van der Waals surface area (Å²) in [7, 11) is 0. The van der Waals surface area contributed by atoms with E-state index in [0.717, 1.165) is 50.8 Å². The standard InChI is InChI=1S/C21H27N3O/c1-2-15-14-24(21(25)17-8-9-17)12-10-19(15)23-13-18-6-3-5-16-7-4-11-22-20(16)18/h3-7,11,15,17,19,23H,2,8-10,12-14H2,1H3/t15-,19+/m1/s1. The van der Waals surface area contributed by atoms with E-state index in [1.54, 1.807) is 0 Å². The second-order valence-electron chi connectivity index (χ2n) is 7.50. The summed E-state index contributed by atoms with van der Waals surface area (Å²) in [5.74, 6) is 1.28. The SMILES string of the molecule is CC[C@@H]1CN(C(=O)C2CC2)CC[C@@H]1NCc1cccc2cccnc12. The van der Waals surface area contributed by atoms with Gasteiger partial charge in [0.2, 0.25) is 5.91 Å². The number of rotatable bonds is 5. The van der Waals surface area contributed by atoms with Crippen molar-refractivity contribution in [2.45, 2.75) is 45.2 Å². The summed E-state index contributed by atoms with van der Waals surface area (Å²) in [5, 5.41) is 4.95. The summed E-state index contributed by atoms with van der Waals surface area (Å²) in [6, 6.07) is 11.0. The lowest BCUT2D eigenvalue weighted by Gasteiger charge is -2.39. The molecule has 4 rings (SSSR count). The molecule has 1 aromatic carbocycles. The number of amides is 1. The minimum absolute atomic E-state index is 0.337. The molecule has 0 unspecified atom stereocenters. The quantitative estimate of drug-likeness (QED) is 0.910. The third kappa shape index (κ3) is 3.54. The monoisotopic (exact) mass is 337 g/mol. The first-order valence-electron chi connectivity index (χ1n) is 9.61. The molecule has 1 aromatic heterocycles. The van der Waals surface area contributed by atoms with Crippen LogP contribution in [0.3, 0.4) is 0 Å². The van der Waals surface area contributed by atoms with Crippen molar-refractivity contribution in [3.05, 3.63) is 42.1 Å². The van der Waals surface area contributed by atoms with Gasteiger partial charge in [0, 0.05) is 43.2 Å². The van der Waals surface area contributed by atoms with E-state index in [-0.39, 0.29) is 0 Å². The number of aromatic nitrogens is 1. The first-order valence-corrected chi connectivity index (χ1v) is 9.61. The van der Waals surface area contributed by atoms with Gasteiger partial charge in [-0.05, 0) is 36.8 Å². The Morgan fingerprint density at radius 1 is 1.24 bits per heavy atom. The highest BCUT2D eigenvalue weighted by Gasteiger charge is 2.37. The first kappa shape index (κ1) is 16.5. The second-order valence-corrected chi connectivity index (χ2v) is 7.50. The lowest BCUT2D eigenvalue weighted by atomic mass is 9.89. The summed E-state index contributed by atoms with van der Waals surface area (Å²) in [4.78, 5) is 19.0. The summed E-state index contributed by atoms with van der Waals surface area (Å²) >= 11 is 0. The zero-order chi connectivity index (χ0) is 17.2. The van der Waals surface area contributed by atoms with Gasteiger partial charge in [0.1, 0.15) is 0 Å². The van der Waals surface area contributed by atoms with Gasteiger partial charge in [-0.2, -0.15) is 0 Å². The number of nitrogens with one attached hydrogen (secondary N) is 1. The molecule has 2 aromatic rings. The lowest BCUT2D eigenvalue weighted by molar-refractivity contribution is -0.134. The Bertz CT molecular complexity index is 750. The summed E-state index contributed by atoms with van der Waals surface area (Å²) < 4.78 is 0. The zero-order valence-corrected chi connectivity index (χ0v) is 14.9. The molecular formula is C21H27N3O. The third-order valence-corrected chi connectivity index (χ3v) is 5.77. The average Bonchev–Trinajstić information content (AvgIpc) is 3.51. The van der Waals surface area contributed by atoms with Crippen molar-refractivity contribution in [3.8, 4) is 0 Å². The van der Waals surface area contributed by atoms with Gasteiger partial charge in [0.05, 0.1) is 5.52 Å². The van der Waals surface area contributed by atoms with E-state index in [2.05, 4.69) is 46.4 Å². The summed E-state index contributed by atoms with van der Waals surface area (Å²) in [6.07, 6.45) is 6.22. The molecule has 4 nitrogen and oxygen atoms in total. The number of piperidine rings is 1. The van der Waals surface area contributed by atoms with Gasteiger partial charge in [-0.15, -0.1) is 0 Å². The molecule has 0 spiro atoms. The number of carbonyl (C=O) groups is 1. The van der Waals surface area contributed by atoms with E-state index in [1.165, 1.54) is 10.9 Å². The van der Waals surface area contributed by atoms with Crippen LogP contribution in [-0.2, 0) is 11.3 Å². The average molecular weight is 337 g/mol. The van der Waals surface area contributed by atoms with Crippen LogP contribution in [0.2, 0.25) is 0 Å². The van der Waals surface area contributed by atoms with E-state index >= 15 is 0 Å². The molecule has 2 fully saturated rings. The van der Waals surface area contributed by atoms with Crippen LogP contribution in [0, 0.1) is 11.8 Å². The van der Waals surface area contributed by atoms with Crippen molar-refractivity contribution in [1.29, 1.82) is 0 Å². The van der Waals surface area contributed by atoms with Crippen molar-refractivity contribution in [3.63, 3.8) is 0 Å². The van der Waals surface area contributed by atoms with Gasteiger partial charge in [-0.1, -0.05) is 37.6 Å². The molecule has 132 valence electrons. The highest BCUT2D eigenvalue weighted by Crippen LogP contribution is 2.33. The summed E-state index contributed by atoms with van der Waals surface area (Å²) in [5.41, 5.74) is 2.34. The van der Waals surface area contributed by atoms with Crippen molar-refractivity contribution < 1.29 is 4.79 Å². The van der Waals surface area contributed by atoms with Crippen LogP contribution in [0.15, 0.2) is 36.5 Å². The van der Waals surface area contributed by atoms with E-state index in [1.807, 2.05) is 12.3 Å². The molecule has 1 saturated carbocycles. The molecule has 2 aliphatic rings. The first-order chi connectivity index (χ1) is 12.3. The minimum Gasteiger partial charge on any atom is -0.342 e. The number of hydrogen-bond donors (Lipinski definition) is 1. The maximum Gasteiger partial charge on any atom is 0.225 e. The van der Waals surface area contributed by atoms with E-state index in [0.29, 0.717) is 23.8 Å². The Morgan fingerprint density at radius 2 is 2.08 bits per heavy atom. The molecule has 1 aliphatic heterocycles. The van der Waals surface area contributed by atoms with Crippen LogP contribution >= 0.6 is 0 Å². The number of hydrogen-bond acceptors (Lipinski definition) is 3. The fourth-order valence-electron chi connectivity index (χ4n) is 4.05. The normalized spacial score (nSPS) is 23.8. The molecule has 1 N–H and O–H groups in total. The van der Waals surface area contributed by atoms with Crippen LogP contribution < -0.4 is 5.32 Å². The maximum atomic E-state index is 12.4. The van der Waals surface area contributed by atoms with Crippen molar-refractivity contribution in [2.75, 3.05) is 13.1 Å². The Labute approximate surface area is 149 Å². The number of fused-ring (bicyclic) bond motifs is 1. The van der Waals surface area contributed by atoms with Gasteiger partial charge < -0.3 is 10.2 Å². The van der Waals surface area contributed by atoms with Crippen LogP contribution in [0.5, 0.6) is 0 Å². The predicted octanol–water partition coefficient (Wildman–Crippen LogP) is 3.36. The highest BCUT2D eigenvalue weighted by molar-refractivity contribution is 5.82. The molecule has 25 heavy (non-hydrogen) atoms. The number of carbonyl (C=O) groups excluding carboxylic acids is 1. The fraction of sp³-hybridized carbons (Fsp3) is 0.524. The van der Waals surface area contributed by atoms with Crippen LogP contribution in [0.25, 0.3) is 10.9 Å². The van der Waals surface area contributed by atoms with Gasteiger partial charge in [0.25, 0.3) is 0 Å². The van der Waals surface area contributed by atoms with Crippen LogP contribution in [0.1, 0.15) is 38.2 Å². The number of para-hydroxylation sites is 1. The Kier molecular flexibility index (Phi) is 4.71. The molecule has 1 aliphatic carbocycles. The number of benzene rings is 1. The highest BCUT2D eigenvalue weighted by atomic mass is 16.2. The van der Waals surface area contributed by atoms with Crippen LogP contribution in [-0.4, -0.2) is 34.9 Å². The fourth-order valence-corrected chi connectivity index (χ4v) is 4.05. The number of likely N-dealkylation sites (tertiary alicyclic amines) is 1. The smallest absolute Gasteiger partial charge is 0.225 e. The predicted molar refractivity (Wildman–Crippen MR) is 100 cm³/mol. The molecule has 4 heteroatoms. The van der Waals surface area contributed by atoms with Gasteiger partial charge in [-0.25, -0.2) is 0 Å². The maximum absolute atomic E-state index is 12.4. The molecule has 0 radical (unpaired) electrons. The van der Waals surface area contributed by atoms with Crippen molar-refractivity contribution in [1.82, 2.24) is 15.2 Å². The Balaban J connectivity index is 1.41.